The molecule has 86 valence electrons. The first-order valence-electron chi connectivity index (χ1n) is 4.95. The summed E-state index contributed by atoms with van der Waals surface area (Å²) in [7, 11) is 0. The van der Waals surface area contributed by atoms with Crippen molar-refractivity contribution in [2.24, 2.45) is 0 Å². The Balaban J connectivity index is 2.27. The Hall–Kier alpha value is -2.15. The van der Waals surface area contributed by atoms with Gasteiger partial charge in [0.1, 0.15) is 0 Å². The Labute approximate surface area is 99.7 Å². The summed E-state index contributed by atoms with van der Waals surface area (Å²) in [6.45, 7) is 1.76. The second-order valence-corrected chi connectivity index (χ2v) is 4.76. The summed E-state index contributed by atoms with van der Waals surface area (Å²) in [5.41, 5.74) is 6.14. The van der Waals surface area contributed by atoms with Gasteiger partial charge in [0.15, 0.2) is 5.82 Å². The van der Waals surface area contributed by atoms with Gasteiger partial charge in [0.2, 0.25) is 0 Å². The molecule has 0 unspecified atom stereocenters. The maximum absolute atomic E-state index is 11.7. The molecule has 0 aliphatic heterocycles. The van der Waals surface area contributed by atoms with E-state index < -0.39 is 0 Å². The van der Waals surface area contributed by atoms with Crippen molar-refractivity contribution >= 4 is 22.1 Å². The van der Waals surface area contributed by atoms with Crippen molar-refractivity contribution in [3.05, 3.63) is 34.2 Å². The van der Waals surface area contributed by atoms with Crippen LogP contribution >= 0.6 is 11.3 Å². The molecule has 0 bridgehead atoms. The van der Waals surface area contributed by atoms with E-state index in [9.17, 15) is 4.79 Å². The van der Waals surface area contributed by atoms with E-state index in [0.717, 1.165) is 4.88 Å². The van der Waals surface area contributed by atoms with Crippen LogP contribution in [0.2, 0.25) is 0 Å². The van der Waals surface area contributed by atoms with Crippen LogP contribution in [0.25, 0.3) is 16.5 Å². The summed E-state index contributed by atoms with van der Waals surface area (Å²) in [5.74, 6) is 0.971. The number of nitrogen functional groups attached to an aromatic ring is 1. The Bertz CT molecular complexity index is 753. The molecule has 0 aliphatic rings. The van der Waals surface area contributed by atoms with Crippen molar-refractivity contribution < 1.29 is 0 Å². The van der Waals surface area contributed by atoms with E-state index in [1.807, 2.05) is 6.07 Å². The molecule has 3 aromatic rings. The molecule has 0 radical (unpaired) electrons. The van der Waals surface area contributed by atoms with Crippen LogP contribution < -0.4 is 11.3 Å². The number of nitrogens with zero attached hydrogens (tertiary/aromatic N) is 3. The fourth-order valence-corrected chi connectivity index (χ4v) is 2.30. The third-order valence-corrected chi connectivity index (χ3v) is 3.24. The van der Waals surface area contributed by atoms with E-state index in [0.29, 0.717) is 22.3 Å². The number of fused-ring (bicyclic) bond motifs is 1. The maximum atomic E-state index is 11.7. The normalized spacial score (nSPS) is 11.1. The number of aryl methyl sites for hydroxylation is 1. The minimum absolute atomic E-state index is 0.171. The van der Waals surface area contributed by atoms with E-state index in [2.05, 4.69) is 15.1 Å². The summed E-state index contributed by atoms with van der Waals surface area (Å²) in [5, 5.41) is 3.61. The van der Waals surface area contributed by atoms with Crippen molar-refractivity contribution in [1.82, 2.24) is 19.6 Å². The number of nitrogens with two attached hydrogens (primary N) is 1. The first-order chi connectivity index (χ1) is 8.13. The molecule has 7 heteroatoms. The van der Waals surface area contributed by atoms with Crippen LogP contribution in [0.3, 0.4) is 0 Å². The molecule has 3 aromatic heterocycles. The Morgan fingerprint density at radius 3 is 2.94 bits per heavy atom. The lowest BCUT2D eigenvalue weighted by atomic mass is 10.4. The van der Waals surface area contributed by atoms with Crippen LogP contribution in [0, 0.1) is 6.92 Å². The Kier molecular flexibility index (Phi) is 2.02. The number of hydrogen-bond acceptors (Lipinski definition) is 5. The van der Waals surface area contributed by atoms with Gasteiger partial charge < -0.3 is 5.73 Å². The van der Waals surface area contributed by atoms with Gasteiger partial charge in [0.05, 0.1) is 9.88 Å². The van der Waals surface area contributed by atoms with Crippen LogP contribution in [0.15, 0.2) is 23.0 Å². The molecule has 17 heavy (non-hydrogen) atoms. The lowest BCUT2D eigenvalue weighted by molar-refractivity contribution is 0.892. The minimum Gasteiger partial charge on any atom is -0.391 e. The summed E-state index contributed by atoms with van der Waals surface area (Å²) < 4.78 is 1.32. The Morgan fingerprint density at radius 1 is 1.41 bits per heavy atom. The molecule has 3 heterocycles. The second kappa shape index (κ2) is 3.42. The number of rotatable bonds is 1. The molecule has 0 aromatic carbocycles. The van der Waals surface area contributed by atoms with Crippen LogP contribution in [-0.2, 0) is 0 Å². The summed E-state index contributed by atoms with van der Waals surface area (Å²) in [6.07, 6.45) is 0. The molecule has 0 atom stereocenters. The highest BCUT2D eigenvalue weighted by Gasteiger charge is 2.09. The van der Waals surface area contributed by atoms with Gasteiger partial charge in [-0.1, -0.05) is 0 Å². The van der Waals surface area contributed by atoms with Crippen LogP contribution in [0.5, 0.6) is 0 Å². The largest absolute Gasteiger partial charge is 0.391 e. The topological polar surface area (TPSA) is 89.1 Å². The Morgan fingerprint density at radius 2 is 2.24 bits per heavy atom. The van der Waals surface area contributed by atoms with E-state index >= 15 is 0 Å². The molecule has 0 aliphatic carbocycles. The first kappa shape index (κ1) is 10.0. The molecular formula is C10H9N5OS. The zero-order valence-corrected chi connectivity index (χ0v) is 9.78. The van der Waals surface area contributed by atoms with Gasteiger partial charge in [0.25, 0.3) is 11.3 Å². The third-order valence-electron chi connectivity index (χ3n) is 2.32. The molecule has 0 saturated carbocycles. The average Bonchev–Trinajstić information content (AvgIpc) is 2.83. The lowest BCUT2D eigenvalue weighted by Gasteiger charge is -1.90. The monoisotopic (exact) mass is 247 g/mol. The molecule has 0 amide bonds. The van der Waals surface area contributed by atoms with Gasteiger partial charge in [-0.2, -0.15) is 9.50 Å². The van der Waals surface area contributed by atoms with Gasteiger partial charge in [0, 0.05) is 11.8 Å². The van der Waals surface area contributed by atoms with Gasteiger partial charge in [-0.25, -0.2) is 4.98 Å². The van der Waals surface area contributed by atoms with Crippen molar-refractivity contribution in [3.63, 3.8) is 0 Å². The lowest BCUT2D eigenvalue weighted by Crippen LogP contribution is -2.14. The second-order valence-electron chi connectivity index (χ2n) is 3.65. The number of anilines is 1. The molecule has 6 nitrogen and oxygen atoms in total. The minimum atomic E-state index is -0.171. The standard InChI is InChI=1S/C10H9N5OS/c1-5-4-8(16)15-10(12-5)13-9(14-15)6-2-3-7(11)17-6/h2-4H,11H2,1H3,(H,12,13,14). The zero-order chi connectivity index (χ0) is 12.0. The third kappa shape index (κ3) is 1.60. The molecule has 0 spiro atoms. The van der Waals surface area contributed by atoms with Crippen LogP contribution in [0.4, 0.5) is 5.00 Å². The van der Waals surface area contributed by atoms with Gasteiger partial charge in [-0.05, 0) is 19.1 Å². The number of hydrogen-bond donors (Lipinski definition) is 2. The van der Waals surface area contributed by atoms with E-state index in [1.165, 1.54) is 21.9 Å². The predicted octanol–water partition coefficient (Wildman–Crippen LogP) is 1.04. The number of aromatic nitrogens is 4. The van der Waals surface area contributed by atoms with Gasteiger partial charge in [-0.3, -0.25) is 9.89 Å². The van der Waals surface area contributed by atoms with Gasteiger partial charge in [-0.15, -0.1) is 11.3 Å². The molecule has 0 fully saturated rings. The fraction of sp³-hybridized carbons (Fsp3) is 0.100. The van der Waals surface area contributed by atoms with E-state index in [4.69, 9.17) is 5.73 Å². The summed E-state index contributed by atoms with van der Waals surface area (Å²) in [6, 6.07) is 5.11. The highest BCUT2D eigenvalue weighted by Crippen LogP contribution is 2.26. The number of aromatic amines is 1. The first-order valence-corrected chi connectivity index (χ1v) is 5.77. The van der Waals surface area contributed by atoms with Crippen molar-refractivity contribution in [3.8, 4) is 10.7 Å². The number of thiophene rings is 1. The molecule has 3 N–H and O–H groups in total. The predicted molar refractivity (Wildman–Crippen MR) is 66.1 cm³/mol. The maximum Gasteiger partial charge on any atom is 0.274 e. The van der Waals surface area contributed by atoms with Crippen LogP contribution in [-0.4, -0.2) is 19.6 Å². The highest BCUT2D eigenvalue weighted by molar-refractivity contribution is 7.19. The summed E-state index contributed by atoms with van der Waals surface area (Å²) >= 11 is 1.41. The van der Waals surface area contributed by atoms with E-state index in [-0.39, 0.29) is 5.56 Å². The SMILES string of the molecule is Cc1cc(=O)n2[nH]c(-c3ccc(N)s3)nc2n1. The molecular weight excluding hydrogens is 238 g/mol. The fourth-order valence-electron chi connectivity index (χ4n) is 1.58. The van der Waals surface area contributed by atoms with Crippen molar-refractivity contribution in [1.29, 1.82) is 0 Å². The quantitative estimate of drug-likeness (QED) is 0.672. The van der Waals surface area contributed by atoms with Gasteiger partial charge >= 0.3 is 0 Å². The van der Waals surface area contributed by atoms with Crippen LogP contribution in [0.1, 0.15) is 5.69 Å². The van der Waals surface area contributed by atoms with Crippen molar-refractivity contribution in [2.45, 2.75) is 6.92 Å². The van der Waals surface area contributed by atoms with E-state index in [1.54, 1.807) is 13.0 Å². The molecule has 3 rings (SSSR count). The average molecular weight is 247 g/mol. The number of H-pyrrole nitrogens is 1. The summed E-state index contributed by atoms with van der Waals surface area (Å²) in [4.78, 5) is 21.0. The smallest absolute Gasteiger partial charge is 0.274 e. The van der Waals surface area contributed by atoms with Crippen molar-refractivity contribution in [2.75, 3.05) is 5.73 Å². The highest BCUT2D eigenvalue weighted by atomic mass is 32.1. The molecule has 0 saturated heterocycles. The number of nitrogens with one attached hydrogen (secondary N) is 1. The zero-order valence-electron chi connectivity index (χ0n) is 8.97.